The molecule has 1 aliphatic heterocycles. The maximum absolute atomic E-state index is 12.6. The summed E-state index contributed by atoms with van der Waals surface area (Å²) in [5.41, 5.74) is 3.37. The van der Waals surface area contributed by atoms with Gasteiger partial charge in [-0.3, -0.25) is 9.69 Å². The molecular weight excluding hydrogens is 470 g/mol. The highest BCUT2D eigenvalue weighted by Gasteiger charge is 2.27. The van der Waals surface area contributed by atoms with Crippen LogP contribution in [0.2, 0.25) is 0 Å². The summed E-state index contributed by atoms with van der Waals surface area (Å²) in [6.45, 7) is 9.16. The molecule has 0 saturated carbocycles. The van der Waals surface area contributed by atoms with Crippen LogP contribution in [0, 0.1) is 0 Å². The second-order valence-electron chi connectivity index (χ2n) is 8.62. The van der Waals surface area contributed by atoms with Gasteiger partial charge in [0, 0.05) is 49.7 Å². The largest absolute Gasteiger partial charge is 0.355 e. The average molecular weight is 504 g/mol. The molecule has 1 saturated heterocycles. The van der Waals surface area contributed by atoms with E-state index in [-0.39, 0.29) is 11.9 Å². The minimum atomic E-state index is 0.0802. The molecule has 4 nitrogen and oxygen atoms in total. The molecule has 0 aromatic heterocycles. The highest BCUT2D eigenvalue weighted by molar-refractivity contribution is 8.22. The zero-order chi connectivity index (χ0) is 24.6. The Kier molecular flexibility index (Phi) is 8.96. The zero-order valence-electron chi connectivity index (χ0n) is 20.5. The van der Waals surface area contributed by atoms with Crippen molar-refractivity contribution >= 4 is 34.2 Å². The molecule has 0 N–H and O–H groups in total. The number of hydrogen-bond acceptors (Lipinski definition) is 4. The van der Waals surface area contributed by atoms with Gasteiger partial charge in [0.25, 0.3) is 5.91 Å². The fourth-order valence-corrected chi connectivity index (χ4v) is 5.83. The SMILES string of the molecule is CCN(CC)C(=O)c1ccc(SC(=S)N2CCN(C(c3ccccc3)c3ccccc3)CC2)cc1. The first-order valence-electron chi connectivity index (χ1n) is 12.3. The molecule has 1 fully saturated rings. The van der Waals surface area contributed by atoms with Gasteiger partial charge in [-0.2, -0.15) is 0 Å². The number of carbonyl (C=O) groups excluding carboxylic acids is 1. The zero-order valence-corrected chi connectivity index (χ0v) is 22.1. The van der Waals surface area contributed by atoms with E-state index in [1.54, 1.807) is 11.8 Å². The predicted molar refractivity (Wildman–Crippen MR) is 150 cm³/mol. The quantitative estimate of drug-likeness (QED) is 0.293. The molecule has 0 spiro atoms. The van der Waals surface area contributed by atoms with E-state index in [0.717, 1.165) is 54.0 Å². The number of piperazine rings is 1. The Morgan fingerprint density at radius 3 is 1.83 bits per heavy atom. The van der Waals surface area contributed by atoms with Gasteiger partial charge >= 0.3 is 0 Å². The number of carbonyl (C=O) groups is 1. The molecule has 1 aliphatic rings. The summed E-state index contributed by atoms with van der Waals surface area (Å²) < 4.78 is 0.892. The molecule has 1 amide bonds. The minimum Gasteiger partial charge on any atom is -0.355 e. The van der Waals surface area contributed by atoms with Crippen molar-refractivity contribution in [2.45, 2.75) is 24.8 Å². The lowest BCUT2D eigenvalue weighted by molar-refractivity contribution is 0.0773. The fourth-order valence-electron chi connectivity index (χ4n) is 4.57. The molecule has 182 valence electrons. The Hall–Kier alpha value is -2.67. The number of rotatable bonds is 7. The van der Waals surface area contributed by atoms with Gasteiger partial charge in [0.05, 0.1) is 6.04 Å². The van der Waals surface area contributed by atoms with Gasteiger partial charge in [-0.25, -0.2) is 0 Å². The van der Waals surface area contributed by atoms with Gasteiger partial charge in [-0.15, -0.1) is 0 Å². The van der Waals surface area contributed by atoms with Gasteiger partial charge in [0.15, 0.2) is 0 Å². The Morgan fingerprint density at radius 1 is 0.829 bits per heavy atom. The van der Waals surface area contributed by atoms with E-state index in [1.807, 2.05) is 43.0 Å². The van der Waals surface area contributed by atoms with Crippen LogP contribution in [-0.2, 0) is 0 Å². The van der Waals surface area contributed by atoms with Gasteiger partial charge < -0.3 is 9.80 Å². The summed E-state index contributed by atoms with van der Waals surface area (Å²) in [4.78, 5) is 20.3. The van der Waals surface area contributed by atoms with Gasteiger partial charge in [-0.05, 0) is 49.2 Å². The molecular formula is C29H33N3OS2. The third kappa shape index (κ3) is 6.31. The van der Waals surface area contributed by atoms with Crippen molar-refractivity contribution < 1.29 is 4.79 Å². The monoisotopic (exact) mass is 503 g/mol. The molecule has 4 rings (SSSR count). The smallest absolute Gasteiger partial charge is 0.253 e. The Balaban J connectivity index is 1.37. The van der Waals surface area contributed by atoms with E-state index in [0.29, 0.717) is 0 Å². The van der Waals surface area contributed by atoms with Crippen molar-refractivity contribution in [2.24, 2.45) is 0 Å². The number of nitrogens with zero attached hydrogens (tertiary/aromatic N) is 3. The van der Waals surface area contributed by atoms with E-state index in [2.05, 4.69) is 70.5 Å². The van der Waals surface area contributed by atoms with E-state index >= 15 is 0 Å². The average Bonchev–Trinajstić information content (AvgIpc) is 2.91. The van der Waals surface area contributed by atoms with Crippen molar-refractivity contribution in [1.82, 2.24) is 14.7 Å². The molecule has 0 radical (unpaired) electrons. The molecule has 6 heteroatoms. The maximum atomic E-state index is 12.6. The Labute approximate surface area is 218 Å². The third-order valence-electron chi connectivity index (χ3n) is 6.53. The number of benzene rings is 3. The highest BCUT2D eigenvalue weighted by atomic mass is 32.2. The van der Waals surface area contributed by atoms with E-state index in [1.165, 1.54) is 11.1 Å². The maximum Gasteiger partial charge on any atom is 0.253 e. The van der Waals surface area contributed by atoms with Crippen LogP contribution in [0.15, 0.2) is 89.8 Å². The van der Waals surface area contributed by atoms with Crippen molar-refractivity contribution in [3.63, 3.8) is 0 Å². The van der Waals surface area contributed by atoms with E-state index in [9.17, 15) is 4.79 Å². The van der Waals surface area contributed by atoms with Crippen LogP contribution < -0.4 is 0 Å². The van der Waals surface area contributed by atoms with Crippen molar-refractivity contribution in [1.29, 1.82) is 0 Å². The van der Waals surface area contributed by atoms with Crippen molar-refractivity contribution in [2.75, 3.05) is 39.3 Å². The molecule has 1 heterocycles. The van der Waals surface area contributed by atoms with Gasteiger partial charge in [0.1, 0.15) is 4.32 Å². The highest BCUT2D eigenvalue weighted by Crippen LogP contribution is 2.30. The molecule has 0 atom stereocenters. The normalized spacial score (nSPS) is 14.2. The van der Waals surface area contributed by atoms with Crippen LogP contribution >= 0.6 is 24.0 Å². The van der Waals surface area contributed by atoms with Crippen molar-refractivity contribution in [3.05, 3.63) is 102 Å². The summed E-state index contributed by atoms with van der Waals surface area (Å²) in [6, 6.07) is 29.6. The lowest BCUT2D eigenvalue weighted by Gasteiger charge is -2.40. The topological polar surface area (TPSA) is 26.8 Å². The summed E-state index contributed by atoms with van der Waals surface area (Å²) in [5, 5.41) is 0. The summed E-state index contributed by atoms with van der Waals surface area (Å²) in [5.74, 6) is 0.0802. The Bertz CT molecular complexity index is 1050. The first-order valence-corrected chi connectivity index (χ1v) is 13.5. The first-order chi connectivity index (χ1) is 17.1. The van der Waals surface area contributed by atoms with Crippen LogP contribution in [0.1, 0.15) is 41.4 Å². The van der Waals surface area contributed by atoms with Gasteiger partial charge in [0.2, 0.25) is 0 Å². The van der Waals surface area contributed by atoms with Crippen LogP contribution in [-0.4, -0.2) is 64.2 Å². The minimum absolute atomic E-state index is 0.0802. The van der Waals surface area contributed by atoms with Crippen LogP contribution in [0.5, 0.6) is 0 Å². The molecule has 3 aromatic rings. The predicted octanol–water partition coefficient (Wildman–Crippen LogP) is 5.95. The van der Waals surface area contributed by atoms with Crippen LogP contribution in [0.25, 0.3) is 0 Å². The van der Waals surface area contributed by atoms with Crippen LogP contribution in [0.3, 0.4) is 0 Å². The van der Waals surface area contributed by atoms with Crippen molar-refractivity contribution in [3.8, 4) is 0 Å². The third-order valence-corrected chi connectivity index (χ3v) is 7.97. The number of thioether (sulfide) groups is 1. The molecule has 0 unspecified atom stereocenters. The molecule has 35 heavy (non-hydrogen) atoms. The molecule has 0 aliphatic carbocycles. The standard InChI is InChI=1S/C29H33N3OS2/c1-3-30(4-2)28(33)25-15-17-26(18-16-25)35-29(34)32-21-19-31(20-22-32)27(23-11-7-5-8-12-23)24-13-9-6-10-14-24/h5-18,27H,3-4,19-22H2,1-2H3. The molecule has 3 aromatic carbocycles. The summed E-state index contributed by atoms with van der Waals surface area (Å²) in [7, 11) is 0. The molecule has 0 bridgehead atoms. The van der Waals surface area contributed by atoms with Gasteiger partial charge in [-0.1, -0.05) is 84.6 Å². The van der Waals surface area contributed by atoms with E-state index < -0.39 is 0 Å². The number of hydrogen-bond donors (Lipinski definition) is 0. The van der Waals surface area contributed by atoms with E-state index in [4.69, 9.17) is 12.2 Å². The summed E-state index contributed by atoms with van der Waals surface area (Å²) >= 11 is 7.41. The Morgan fingerprint density at radius 2 is 1.34 bits per heavy atom. The lowest BCUT2D eigenvalue weighted by atomic mass is 9.96. The first kappa shape index (κ1) is 25.4. The second kappa shape index (κ2) is 12.3. The summed E-state index contributed by atoms with van der Waals surface area (Å²) in [6.07, 6.45) is 0. The lowest BCUT2D eigenvalue weighted by Crippen LogP contribution is -2.48. The number of amides is 1. The second-order valence-corrected chi connectivity index (χ2v) is 10.3. The van der Waals surface area contributed by atoms with Crippen LogP contribution in [0.4, 0.5) is 0 Å². The fraction of sp³-hybridized carbons (Fsp3) is 0.310. The number of thiocarbonyl (C=S) groups is 1.